The summed E-state index contributed by atoms with van der Waals surface area (Å²) in [4.78, 5) is 25.9. The topological polar surface area (TPSA) is 49.4 Å². The van der Waals surface area contributed by atoms with Crippen LogP contribution in [0, 0.1) is 5.92 Å². The Bertz CT molecular complexity index is 510. The summed E-state index contributed by atoms with van der Waals surface area (Å²) in [5.74, 6) is -0.472. The molecule has 0 radical (unpaired) electrons. The van der Waals surface area contributed by atoms with Crippen LogP contribution in [-0.2, 0) is 16.0 Å². The number of hydrogen-bond donors (Lipinski definition) is 1. The van der Waals surface area contributed by atoms with Crippen LogP contribution in [0.5, 0.6) is 0 Å². The van der Waals surface area contributed by atoms with E-state index in [0.717, 1.165) is 25.7 Å². The first-order valence-corrected chi connectivity index (χ1v) is 8.29. The van der Waals surface area contributed by atoms with E-state index in [9.17, 15) is 9.59 Å². The molecule has 2 rings (SSSR count). The minimum atomic E-state index is -0.532. The number of carbonyl (C=O) groups is 2. The van der Waals surface area contributed by atoms with Crippen molar-refractivity contribution in [3.63, 3.8) is 0 Å². The van der Waals surface area contributed by atoms with Gasteiger partial charge in [-0.1, -0.05) is 32.4 Å². The third-order valence-corrected chi connectivity index (χ3v) is 4.17. The van der Waals surface area contributed by atoms with E-state index in [1.54, 1.807) is 4.90 Å². The van der Waals surface area contributed by atoms with Crippen molar-refractivity contribution in [2.75, 3.05) is 18.4 Å². The van der Waals surface area contributed by atoms with Crippen LogP contribution < -0.4 is 5.32 Å². The summed E-state index contributed by atoms with van der Waals surface area (Å²) in [5.41, 5.74) is 1.94. The number of likely N-dealkylation sites (tertiary alicyclic amines) is 1. The van der Waals surface area contributed by atoms with Crippen molar-refractivity contribution in [3.05, 3.63) is 29.8 Å². The molecule has 1 saturated heterocycles. The molecule has 1 aromatic rings. The Hall–Kier alpha value is -1.84. The third kappa shape index (κ3) is 4.58. The van der Waals surface area contributed by atoms with Crippen molar-refractivity contribution >= 4 is 17.5 Å². The van der Waals surface area contributed by atoms with Crippen LogP contribution in [0.15, 0.2) is 24.3 Å². The van der Waals surface area contributed by atoms with Crippen molar-refractivity contribution in [2.24, 2.45) is 5.92 Å². The highest BCUT2D eigenvalue weighted by Crippen LogP contribution is 2.16. The standard InChI is InChI=1S/C18H26N2O2/c1-3-4-7-15-8-10-16(11-9-15)19-17(21)18(22)20-12-5-6-14(2)13-20/h8-11,14H,3-7,12-13H2,1-2H3,(H,19,21). The maximum absolute atomic E-state index is 12.2. The molecule has 22 heavy (non-hydrogen) atoms. The van der Waals surface area contributed by atoms with Gasteiger partial charge in [0, 0.05) is 18.8 Å². The number of piperidine rings is 1. The van der Waals surface area contributed by atoms with Crippen LogP contribution >= 0.6 is 0 Å². The SMILES string of the molecule is CCCCc1ccc(NC(=O)C(=O)N2CCCC(C)C2)cc1. The summed E-state index contributed by atoms with van der Waals surface area (Å²) in [6, 6.07) is 7.77. The second kappa shape index (κ2) is 7.97. The number of benzene rings is 1. The zero-order valence-corrected chi connectivity index (χ0v) is 13.6. The molecule has 1 aromatic carbocycles. The lowest BCUT2D eigenvalue weighted by atomic mass is 10.0. The minimum Gasteiger partial charge on any atom is -0.334 e. The van der Waals surface area contributed by atoms with Crippen molar-refractivity contribution in [3.8, 4) is 0 Å². The molecule has 1 fully saturated rings. The van der Waals surface area contributed by atoms with Crippen LogP contribution in [0.1, 0.15) is 45.1 Å². The number of carbonyl (C=O) groups excluding carboxylic acids is 2. The molecule has 1 unspecified atom stereocenters. The molecule has 0 bridgehead atoms. The zero-order valence-electron chi connectivity index (χ0n) is 13.6. The van der Waals surface area contributed by atoms with Crippen LogP contribution in [0.3, 0.4) is 0 Å². The van der Waals surface area contributed by atoms with Gasteiger partial charge >= 0.3 is 11.8 Å². The van der Waals surface area contributed by atoms with Crippen LogP contribution in [-0.4, -0.2) is 29.8 Å². The summed E-state index contributed by atoms with van der Waals surface area (Å²) >= 11 is 0. The van der Waals surface area contributed by atoms with E-state index in [2.05, 4.69) is 19.2 Å². The van der Waals surface area contributed by atoms with Gasteiger partial charge in [0.05, 0.1) is 0 Å². The van der Waals surface area contributed by atoms with Crippen molar-refractivity contribution in [1.29, 1.82) is 0 Å². The summed E-state index contributed by atoms with van der Waals surface area (Å²) in [6.07, 6.45) is 5.49. The average Bonchev–Trinajstić information content (AvgIpc) is 2.53. The number of amides is 2. The molecule has 120 valence electrons. The molecule has 4 heteroatoms. The lowest BCUT2D eigenvalue weighted by Crippen LogP contribution is -2.44. The van der Waals surface area contributed by atoms with Gasteiger partial charge in [0.25, 0.3) is 0 Å². The van der Waals surface area contributed by atoms with Gasteiger partial charge in [-0.25, -0.2) is 0 Å². The Morgan fingerprint density at radius 3 is 2.64 bits per heavy atom. The average molecular weight is 302 g/mol. The molecular formula is C18H26N2O2. The predicted octanol–water partition coefficient (Wildman–Crippen LogP) is 3.23. The number of nitrogens with zero attached hydrogens (tertiary/aromatic N) is 1. The molecule has 0 spiro atoms. The molecule has 4 nitrogen and oxygen atoms in total. The van der Waals surface area contributed by atoms with Gasteiger partial charge in [0.1, 0.15) is 0 Å². The van der Waals surface area contributed by atoms with Gasteiger partial charge in [0.15, 0.2) is 0 Å². The van der Waals surface area contributed by atoms with E-state index in [-0.39, 0.29) is 0 Å². The Labute approximate surface area is 132 Å². The highest BCUT2D eigenvalue weighted by molar-refractivity contribution is 6.39. The summed E-state index contributed by atoms with van der Waals surface area (Å²) in [7, 11) is 0. The minimum absolute atomic E-state index is 0.415. The van der Waals surface area contributed by atoms with E-state index in [1.807, 2.05) is 24.3 Å². The quantitative estimate of drug-likeness (QED) is 0.868. The van der Waals surface area contributed by atoms with Gasteiger partial charge in [-0.15, -0.1) is 0 Å². The van der Waals surface area contributed by atoms with Crippen molar-refractivity contribution in [1.82, 2.24) is 4.90 Å². The Morgan fingerprint density at radius 2 is 2.00 bits per heavy atom. The molecule has 0 aliphatic carbocycles. The van der Waals surface area contributed by atoms with Crippen LogP contribution in [0.2, 0.25) is 0 Å². The van der Waals surface area contributed by atoms with Gasteiger partial charge in [-0.05, 0) is 49.3 Å². The van der Waals surface area contributed by atoms with E-state index < -0.39 is 11.8 Å². The normalized spacial score (nSPS) is 18.1. The summed E-state index contributed by atoms with van der Waals surface area (Å²) < 4.78 is 0. The number of rotatable bonds is 4. The Balaban J connectivity index is 1.89. The van der Waals surface area contributed by atoms with E-state index in [1.165, 1.54) is 12.0 Å². The first-order valence-electron chi connectivity index (χ1n) is 8.29. The number of nitrogens with one attached hydrogen (secondary N) is 1. The Morgan fingerprint density at radius 1 is 1.27 bits per heavy atom. The third-order valence-electron chi connectivity index (χ3n) is 4.17. The first-order chi connectivity index (χ1) is 10.6. The Kier molecular flexibility index (Phi) is 5.99. The summed E-state index contributed by atoms with van der Waals surface area (Å²) in [5, 5.41) is 2.71. The number of anilines is 1. The predicted molar refractivity (Wildman–Crippen MR) is 88.7 cm³/mol. The van der Waals surface area contributed by atoms with Crippen molar-refractivity contribution < 1.29 is 9.59 Å². The van der Waals surface area contributed by atoms with Gasteiger partial charge in [-0.2, -0.15) is 0 Å². The molecule has 1 heterocycles. The van der Waals surface area contributed by atoms with Gasteiger partial charge in [-0.3, -0.25) is 9.59 Å². The number of hydrogen-bond acceptors (Lipinski definition) is 2. The van der Waals surface area contributed by atoms with Crippen LogP contribution in [0.4, 0.5) is 5.69 Å². The highest BCUT2D eigenvalue weighted by Gasteiger charge is 2.25. The second-order valence-corrected chi connectivity index (χ2v) is 6.25. The van der Waals surface area contributed by atoms with E-state index in [4.69, 9.17) is 0 Å². The van der Waals surface area contributed by atoms with Crippen LogP contribution in [0.25, 0.3) is 0 Å². The monoisotopic (exact) mass is 302 g/mol. The molecule has 1 aliphatic heterocycles. The van der Waals surface area contributed by atoms with Gasteiger partial charge < -0.3 is 10.2 Å². The molecule has 0 saturated carbocycles. The molecule has 1 N–H and O–H groups in total. The van der Waals surface area contributed by atoms with Gasteiger partial charge in [0.2, 0.25) is 0 Å². The lowest BCUT2D eigenvalue weighted by molar-refractivity contribution is -0.144. The molecule has 1 atom stereocenters. The molecular weight excluding hydrogens is 276 g/mol. The number of aryl methyl sites for hydroxylation is 1. The fraction of sp³-hybridized carbons (Fsp3) is 0.556. The highest BCUT2D eigenvalue weighted by atomic mass is 16.2. The largest absolute Gasteiger partial charge is 0.334 e. The maximum atomic E-state index is 12.2. The zero-order chi connectivity index (χ0) is 15.9. The smallest absolute Gasteiger partial charge is 0.313 e. The van der Waals surface area contributed by atoms with Crippen molar-refractivity contribution in [2.45, 2.75) is 46.0 Å². The summed E-state index contributed by atoms with van der Waals surface area (Å²) in [6.45, 7) is 5.66. The van der Waals surface area contributed by atoms with E-state index >= 15 is 0 Å². The fourth-order valence-corrected chi connectivity index (χ4v) is 2.84. The van der Waals surface area contributed by atoms with E-state index in [0.29, 0.717) is 24.7 Å². The first kappa shape index (κ1) is 16.5. The maximum Gasteiger partial charge on any atom is 0.313 e. The molecule has 1 aliphatic rings. The number of unbranched alkanes of at least 4 members (excludes halogenated alkanes) is 1. The molecule has 0 aromatic heterocycles. The second-order valence-electron chi connectivity index (χ2n) is 6.25. The lowest BCUT2D eigenvalue weighted by Gasteiger charge is -2.30. The molecule has 2 amide bonds. The fourth-order valence-electron chi connectivity index (χ4n) is 2.84.